The van der Waals surface area contributed by atoms with Crippen LogP contribution in [0.4, 0.5) is 0 Å². The van der Waals surface area contributed by atoms with Crippen LogP contribution < -0.4 is 0 Å². The average molecular weight is 168 g/mol. The Morgan fingerprint density at radius 1 is 1.44 bits per heavy atom. The largest absolute Gasteiger partial charge is 0.285 e. The molecular formula is C4H8O3S2. The van der Waals surface area contributed by atoms with Crippen molar-refractivity contribution in [1.29, 1.82) is 0 Å². The maximum absolute atomic E-state index is 10.3. The molecule has 1 aliphatic carbocycles. The van der Waals surface area contributed by atoms with Crippen LogP contribution in [0.3, 0.4) is 0 Å². The van der Waals surface area contributed by atoms with Gasteiger partial charge in [-0.2, -0.15) is 21.0 Å². The van der Waals surface area contributed by atoms with E-state index in [0.717, 1.165) is 0 Å². The molecule has 1 fully saturated rings. The minimum absolute atomic E-state index is 0.164. The van der Waals surface area contributed by atoms with Crippen molar-refractivity contribution in [3.05, 3.63) is 0 Å². The smallest absolute Gasteiger partial charge is 0.267 e. The molecule has 3 nitrogen and oxygen atoms in total. The van der Waals surface area contributed by atoms with Crippen LogP contribution in [0.1, 0.15) is 12.8 Å². The van der Waals surface area contributed by atoms with Gasteiger partial charge in [0.05, 0.1) is 5.25 Å². The SMILES string of the molecule is O=S(=O)(O)C1CC(S)C1. The van der Waals surface area contributed by atoms with E-state index in [2.05, 4.69) is 12.6 Å². The first-order valence-corrected chi connectivity index (χ1v) is 4.66. The third kappa shape index (κ3) is 1.59. The molecule has 1 N–H and O–H groups in total. The molecule has 0 radical (unpaired) electrons. The molecular weight excluding hydrogens is 160 g/mol. The molecule has 1 saturated carbocycles. The van der Waals surface area contributed by atoms with Crippen LogP contribution in [0.2, 0.25) is 0 Å². The topological polar surface area (TPSA) is 54.4 Å². The quantitative estimate of drug-likeness (QED) is 0.438. The predicted octanol–water partition coefficient (Wildman–Crippen LogP) is 0.335. The Kier molecular flexibility index (Phi) is 1.75. The maximum Gasteiger partial charge on any atom is 0.267 e. The minimum atomic E-state index is -3.75. The molecule has 0 bridgehead atoms. The second kappa shape index (κ2) is 2.14. The van der Waals surface area contributed by atoms with Crippen molar-refractivity contribution in [3.63, 3.8) is 0 Å². The van der Waals surface area contributed by atoms with E-state index in [9.17, 15) is 8.42 Å². The van der Waals surface area contributed by atoms with Gasteiger partial charge in [0.15, 0.2) is 0 Å². The van der Waals surface area contributed by atoms with Crippen molar-refractivity contribution in [3.8, 4) is 0 Å². The summed E-state index contributed by atoms with van der Waals surface area (Å²) in [5.74, 6) is 0. The highest BCUT2D eigenvalue weighted by Gasteiger charge is 2.35. The third-order valence-electron chi connectivity index (χ3n) is 1.49. The van der Waals surface area contributed by atoms with Gasteiger partial charge in [0, 0.05) is 5.25 Å². The highest BCUT2D eigenvalue weighted by molar-refractivity contribution is 7.87. The number of thiol groups is 1. The monoisotopic (exact) mass is 168 g/mol. The fraction of sp³-hybridized carbons (Fsp3) is 1.00. The highest BCUT2D eigenvalue weighted by Crippen LogP contribution is 2.29. The van der Waals surface area contributed by atoms with Crippen molar-refractivity contribution >= 4 is 22.7 Å². The van der Waals surface area contributed by atoms with Gasteiger partial charge in [-0.15, -0.1) is 0 Å². The summed E-state index contributed by atoms with van der Waals surface area (Å²) in [6.07, 6.45) is 0.976. The van der Waals surface area contributed by atoms with Gasteiger partial charge in [-0.3, -0.25) is 4.55 Å². The molecule has 0 aromatic heterocycles. The molecule has 0 atom stereocenters. The van der Waals surface area contributed by atoms with Crippen LogP contribution in [-0.2, 0) is 10.1 Å². The second-order valence-electron chi connectivity index (χ2n) is 2.26. The van der Waals surface area contributed by atoms with Gasteiger partial charge in [-0.25, -0.2) is 0 Å². The zero-order valence-corrected chi connectivity index (χ0v) is 6.40. The van der Waals surface area contributed by atoms with Crippen LogP contribution in [-0.4, -0.2) is 23.5 Å². The first-order chi connectivity index (χ1) is 4.00. The standard InChI is InChI=1S/C4H8O3S2/c5-9(6,7)4-1-3(8)2-4/h3-4,8H,1-2H2,(H,5,6,7). The Morgan fingerprint density at radius 3 is 2.00 bits per heavy atom. The molecule has 0 amide bonds. The van der Waals surface area contributed by atoms with Gasteiger partial charge >= 0.3 is 0 Å². The maximum atomic E-state index is 10.3. The number of hydrogen-bond donors (Lipinski definition) is 2. The molecule has 0 aliphatic heterocycles. The van der Waals surface area contributed by atoms with Crippen LogP contribution >= 0.6 is 12.6 Å². The lowest BCUT2D eigenvalue weighted by atomic mass is 9.99. The predicted molar refractivity (Wildman–Crippen MR) is 37.3 cm³/mol. The zero-order valence-electron chi connectivity index (χ0n) is 4.69. The lowest BCUT2D eigenvalue weighted by Crippen LogP contribution is -2.36. The molecule has 1 rings (SSSR count). The van der Waals surface area contributed by atoms with Crippen molar-refractivity contribution in [2.24, 2.45) is 0 Å². The van der Waals surface area contributed by atoms with Crippen molar-refractivity contribution in [2.75, 3.05) is 0 Å². The summed E-state index contributed by atoms with van der Waals surface area (Å²) < 4.78 is 29.0. The molecule has 0 spiro atoms. The van der Waals surface area contributed by atoms with Crippen LogP contribution in [0.25, 0.3) is 0 Å². The first-order valence-electron chi connectivity index (χ1n) is 2.64. The van der Waals surface area contributed by atoms with Crippen LogP contribution in [0.5, 0.6) is 0 Å². The van der Waals surface area contributed by atoms with E-state index in [1.807, 2.05) is 0 Å². The van der Waals surface area contributed by atoms with E-state index >= 15 is 0 Å². The summed E-state index contributed by atoms with van der Waals surface area (Å²) in [6.45, 7) is 0. The summed E-state index contributed by atoms with van der Waals surface area (Å²) in [6, 6.07) is 0. The fourth-order valence-corrected chi connectivity index (χ4v) is 2.53. The second-order valence-corrected chi connectivity index (χ2v) is 4.69. The van der Waals surface area contributed by atoms with Gasteiger partial charge < -0.3 is 0 Å². The van der Waals surface area contributed by atoms with E-state index in [0.29, 0.717) is 12.8 Å². The molecule has 1 aliphatic rings. The van der Waals surface area contributed by atoms with E-state index in [1.54, 1.807) is 0 Å². The van der Waals surface area contributed by atoms with Crippen molar-refractivity contribution in [1.82, 2.24) is 0 Å². The summed E-state index contributed by atoms with van der Waals surface area (Å²) in [7, 11) is -3.75. The van der Waals surface area contributed by atoms with Crippen LogP contribution in [0, 0.1) is 0 Å². The van der Waals surface area contributed by atoms with Gasteiger partial charge in [0.2, 0.25) is 0 Å². The molecule has 0 heterocycles. The lowest BCUT2D eigenvalue weighted by Gasteiger charge is -2.28. The Bertz CT molecular complexity index is 190. The zero-order chi connectivity index (χ0) is 7.07. The normalized spacial score (nSPS) is 35.8. The van der Waals surface area contributed by atoms with E-state index in [-0.39, 0.29) is 5.25 Å². The Labute approximate surface area is 59.6 Å². The summed E-state index contributed by atoms with van der Waals surface area (Å²) in [4.78, 5) is 0. The molecule has 0 aromatic carbocycles. The summed E-state index contributed by atoms with van der Waals surface area (Å²) in [5, 5.41) is -0.378. The van der Waals surface area contributed by atoms with Crippen LogP contribution in [0.15, 0.2) is 0 Å². The van der Waals surface area contributed by atoms with Gasteiger partial charge in [-0.1, -0.05) is 0 Å². The summed E-state index contributed by atoms with van der Waals surface area (Å²) >= 11 is 4.00. The van der Waals surface area contributed by atoms with E-state index in [1.165, 1.54) is 0 Å². The van der Waals surface area contributed by atoms with Gasteiger partial charge in [-0.05, 0) is 12.8 Å². The highest BCUT2D eigenvalue weighted by atomic mass is 32.2. The Balaban J connectivity index is 2.51. The van der Waals surface area contributed by atoms with E-state index in [4.69, 9.17) is 4.55 Å². The van der Waals surface area contributed by atoms with Gasteiger partial charge in [0.25, 0.3) is 10.1 Å². The summed E-state index contributed by atoms with van der Waals surface area (Å²) in [5.41, 5.74) is 0. The van der Waals surface area contributed by atoms with Gasteiger partial charge in [0.1, 0.15) is 0 Å². The first kappa shape index (κ1) is 7.37. The Hall–Kier alpha value is 0.260. The third-order valence-corrected chi connectivity index (χ3v) is 3.14. The number of hydrogen-bond acceptors (Lipinski definition) is 3. The average Bonchev–Trinajstić information content (AvgIpc) is 1.55. The molecule has 9 heavy (non-hydrogen) atoms. The van der Waals surface area contributed by atoms with Crippen molar-refractivity contribution < 1.29 is 13.0 Å². The lowest BCUT2D eigenvalue weighted by molar-refractivity contribution is 0.421. The van der Waals surface area contributed by atoms with E-state index < -0.39 is 15.4 Å². The molecule has 0 aromatic rings. The van der Waals surface area contributed by atoms with Crippen molar-refractivity contribution in [2.45, 2.75) is 23.3 Å². The molecule has 0 unspecified atom stereocenters. The number of rotatable bonds is 1. The Morgan fingerprint density at radius 2 is 1.89 bits per heavy atom. The molecule has 0 saturated heterocycles. The molecule has 5 heteroatoms. The fourth-order valence-electron chi connectivity index (χ4n) is 0.781. The molecule has 54 valence electrons. The minimum Gasteiger partial charge on any atom is -0.285 e.